The zero-order chi connectivity index (χ0) is 30.2. The van der Waals surface area contributed by atoms with Crippen LogP contribution >= 0.6 is 0 Å². The molecule has 5 rings (SSSR count). The van der Waals surface area contributed by atoms with Crippen molar-refractivity contribution in [3.63, 3.8) is 0 Å². The fourth-order valence-corrected chi connectivity index (χ4v) is 7.80. The summed E-state index contributed by atoms with van der Waals surface area (Å²) in [6, 6.07) is 6.90. The Balaban J connectivity index is 1.18. The van der Waals surface area contributed by atoms with E-state index in [0.717, 1.165) is 50.0 Å². The highest BCUT2D eigenvalue weighted by Gasteiger charge is 2.35. The van der Waals surface area contributed by atoms with E-state index in [-0.39, 0.29) is 0 Å². The Hall–Kier alpha value is -2.36. The van der Waals surface area contributed by atoms with Crippen molar-refractivity contribution in [3.8, 4) is 0 Å². The number of hydrogen-bond donors (Lipinski definition) is 0. The molecule has 0 bridgehead atoms. The zero-order valence-electron chi connectivity index (χ0n) is 26.0. The van der Waals surface area contributed by atoms with Crippen LogP contribution in [0.2, 0.25) is 0 Å². The van der Waals surface area contributed by atoms with E-state index in [1.54, 1.807) is 36.4 Å². The molecule has 1 fully saturated rings. The van der Waals surface area contributed by atoms with Crippen LogP contribution < -0.4 is 0 Å². The Labute approximate surface area is 257 Å². The van der Waals surface area contributed by atoms with E-state index >= 15 is 13.2 Å². The smallest absolute Gasteiger partial charge is 0.161 e. The van der Waals surface area contributed by atoms with Crippen LogP contribution in [0.3, 0.4) is 0 Å². The van der Waals surface area contributed by atoms with Gasteiger partial charge in [-0.05, 0) is 83.8 Å². The molecule has 1 aromatic rings. The summed E-state index contributed by atoms with van der Waals surface area (Å²) in [7, 11) is 0. The second-order valence-electron chi connectivity index (χ2n) is 13.4. The van der Waals surface area contributed by atoms with Gasteiger partial charge >= 0.3 is 0 Å². The second kappa shape index (κ2) is 15.6. The monoisotopic (exact) mass is 594 g/mol. The van der Waals surface area contributed by atoms with Gasteiger partial charge in [-0.2, -0.15) is 0 Å². The number of halogens is 4. The Morgan fingerprint density at radius 1 is 0.698 bits per heavy atom. The van der Waals surface area contributed by atoms with Gasteiger partial charge in [-0.25, -0.2) is 17.6 Å². The van der Waals surface area contributed by atoms with Crippen molar-refractivity contribution in [3.05, 3.63) is 88.1 Å². The summed E-state index contributed by atoms with van der Waals surface area (Å²) in [6.07, 6.45) is 22.5. The average Bonchev–Trinajstić information content (AvgIpc) is 3.04. The fraction of sp³-hybridized carbons (Fsp3) is 0.590. The third kappa shape index (κ3) is 7.84. The summed E-state index contributed by atoms with van der Waals surface area (Å²) < 4.78 is 61.0. The first-order chi connectivity index (χ1) is 21.0. The molecule has 4 unspecified atom stereocenters. The molecule has 1 aromatic carbocycles. The van der Waals surface area contributed by atoms with E-state index in [1.165, 1.54) is 57.8 Å². The van der Waals surface area contributed by atoms with Gasteiger partial charge in [0, 0.05) is 5.92 Å². The SMILES string of the molecule is CCCCCCCCCC1=CCC(c2ccc(C3=CC=C(C4=CCC(C5CCCCC5)CC4)C(F)C3F)cc2)C(F)=C1F. The third-order valence-corrected chi connectivity index (χ3v) is 10.5. The van der Waals surface area contributed by atoms with Crippen molar-refractivity contribution in [1.82, 2.24) is 0 Å². The number of rotatable bonds is 12. The Morgan fingerprint density at radius 2 is 1.37 bits per heavy atom. The van der Waals surface area contributed by atoms with Crippen molar-refractivity contribution >= 4 is 5.57 Å². The molecule has 1 saturated carbocycles. The zero-order valence-corrected chi connectivity index (χ0v) is 26.0. The van der Waals surface area contributed by atoms with E-state index in [9.17, 15) is 4.39 Å². The lowest BCUT2D eigenvalue weighted by atomic mass is 9.72. The van der Waals surface area contributed by atoms with Crippen LogP contribution in [0.1, 0.15) is 133 Å². The summed E-state index contributed by atoms with van der Waals surface area (Å²) in [5.74, 6) is -0.633. The predicted molar refractivity (Wildman–Crippen MR) is 172 cm³/mol. The first-order valence-corrected chi connectivity index (χ1v) is 17.2. The van der Waals surface area contributed by atoms with Gasteiger partial charge in [0.25, 0.3) is 0 Å². The lowest BCUT2D eigenvalue weighted by molar-refractivity contribution is 0.226. The van der Waals surface area contributed by atoms with E-state index in [1.807, 2.05) is 6.08 Å². The van der Waals surface area contributed by atoms with E-state index in [2.05, 4.69) is 13.0 Å². The van der Waals surface area contributed by atoms with E-state index in [4.69, 9.17) is 0 Å². The lowest BCUT2D eigenvalue weighted by Crippen LogP contribution is -2.27. The predicted octanol–water partition coefficient (Wildman–Crippen LogP) is 12.7. The maximum absolute atomic E-state index is 15.5. The lowest BCUT2D eigenvalue weighted by Gasteiger charge is -2.34. The molecule has 0 aromatic heterocycles. The minimum atomic E-state index is -1.75. The van der Waals surface area contributed by atoms with Crippen molar-refractivity contribution < 1.29 is 17.6 Å². The molecule has 0 amide bonds. The molecular weight excluding hydrogens is 544 g/mol. The molecule has 0 heterocycles. The molecule has 4 heteroatoms. The molecule has 234 valence electrons. The number of alkyl halides is 2. The Kier molecular flexibility index (Phi) is 11.6. The molecule has 4 aliphatic carbocycles. The van der Waals surface area contributed by atoms with Gasteiger partial charge in [-0.15, -0.1) is 0 Å². The highest BCUT2D eigenvalue weighted by atomic mass is 19.2. The van der Waals surface area contributed by atoms with Crippen molar-refractivity contribution in [2.75, 3.05) is 0 Å². The van der Waals surface area contributed by atoms with Gasteiger partial charge in [0.1, 0.15) is 5.83 Å². The number of benzene rings is 1. The standard InChI is InChI=1S/C39H50F4/c1-2-3-4-5-6-7-9-14-32-23-24-33(37(41)36(32)40)30-19-21-31(22-20-30)35-26-25-34(38(42)39(35)43)29-17-15-28(16-18-29)27-12-10-8-11-13-27/h17,19-23,25-28,33,38-39H,2-16,18,24H2,1H3. The molecule has 0 nitrogen and oxygen atoms in total. The van der Waals surface area contributed by atoms with Crippen LogP contribution in [0.15, 0.2) is 76.9 Å². The Bertz CT molecular complexity index is 1220. The van der Waals surface area contributed by atoms with Crippen LogP contribution in [0.25, 0.3) is 5.57 Å². The highest BCUT2D eigenvalue weighted by molar-refractivity contribution is 5.74. The summed E-state index contributed by atoms with van der Waals surface area (Å²) in [5, 5.41) is 0. The van der Waals surface area contributed by atoms with Crippen molar-refractivity contribution in [2.45, 2.75) is 134 Å². The molecule has 0 spiro atoms. The number of unbranched alkanes of at least 4 members (excludes halogenated alkanes) is 6. The van der Waals surface area contributed by atoms with Gasteiger partial charge in [0.2, 0.25) is 0 Å². The van der Waals surface area contributed by atoms with Gasteiger partial charge < -0.3 is 0 Å². The fourth-order valence-electron chi connectivity index (χ4n) is 7.80. The van der Waals surface area contributed by atoms with Gasteiger partial charge in [-0.1, -0.05) is 126 Å². The highest BCUT2D eigenvalue weighted by Crippen LogP contribution is 2.43. The first kappa shape index (κ1) is 32.0. The minimum absolute atomic E-state index is 0.307. The topological polar surface area (TPSA) is 0 Å². The molecule has 0 N–H and O–H groups in total. The van der Waals surface area contributed by atoms with Gasteiger partial charge in [0.05, 0.1) is 0 Å². The third-order valence-electron chi connectivity index (χ3n) is 10.5. The van der Waals surface area contributed by atoms with Crippen LogP contribution in [-0.2, 0) is 0 Å². The average molecular weight is 595 g/mol. The van der Waals surface area contributed by atoms with Crippen molar-refractivity contribution in [1.29, 1.82) is 0 Å². The molecule has 4 atom stereocenters. The summed E-state index contributed by atoms with van der Waals surface area (Å²) >= 11 is 0. The largest absolute Gasteiger partial charge is 0.239 e. The second-order valence-corrected chi connectivity index (χ2v) is 13.4. The number of allylic oxidation sites excluding steroid dienone is 10. The minimum Gasteiger partial charge on any atom is -0.239 e. The summed E-state index contributed by atoms with van der Waals surface area (Å²) in [4.78, 5) is 0. The molecule has 4 aliphatic rings. The Morgan fingerprint density at radius 3 is 2.07 bits per heavy atom. The molecular formula is C39H50F4. The van der Waals surface area contributed by atoms with E-state index in [0.29, 0.717) is 46.6 Å². The summed E-state index contributed by atoms with van der Waals surface area (Å²) in [5.41, 5.74) is 3.48. The van der Waals surface area contributed by atoms with Crippen LogP contribution in [-0.4, -0.2) is 12.3 Å². The molecule has 0 radical (unpaired) electrons. The summed E-state index contributed by atoms with van der Waals surface area (Å²) in [6.45, 7) is 2.20. The molecule has 0 saturated heterocycles. The van der Waals surface area contributed by atoms with Gasteiger partial charge in [-0.3, -0.25) is 0 Å². The normalized spacial score (nSPS) is 27.0. The maximum Gasteiger partial charge on any atom is 0.161 e. The van der Waals surface area contributed by atoms with E-state index < -0.39 is 29.9 Å². The molecule has 0 aliphatic heterocycles. The van der Waals surface area contributed by atoms with Crippen LogP contribution in [0, 0.1) is 11.8 Å². The van der Waals surface area contributed by atoms with Crippen molar-refractivity contribution in [2.24, 2.45) is 11.8 Å². The van der Waals surface area contributed by atoms with Gasteiger partial charge in [0.15, 0.2) is 18.2 Å². The number of hydrogen-bond acceptors (Lipinski definition) is 0. The van der Waals surface area contributed by atoms with Crippen LogP contribution in [0.4, 0.5) is 17.6 Å². The maximum atomic E-state index is 15.5. The van der Waals surface area contributed by atoms with Crippen LogP contribution in [0.5, 0.6) is 0 Å². The molecule has 43 heavy (non-hydrogen) atoms. The first-order valence-electron chi connectivity index (χ1n) is 17.2. The quantitative estimate of drug-likeness (QED) is 0.167.